The standard InChI is InChI=1S/C25H22N2O5S/c1-27(18-21-10-7-17-31-21)33(29,30)22-15-13-19(14-16-22)25(28)26-23-11-5-6-12-24(23)32-20-8-3-2-4-9-20/h2-17H,18H2,1H3,(H,26,28). The first kappa shape index (κ1) is 22.3. The predicted octanol–water partition coefficient (Wildman–Crippen LogP) is 5.14. The van der Waals surface area contributed by atoms with E-state index in [1.54, 1.807) is 30.3 Å². The molecule has 0 unspecified atom stereocenters. The van der Waals surface area contributed by atoms with E-state index in [0.717, 1.165) is 0 Å². The van der Waals surface area contributed by atoms with Gasteiger partial charge in [0.05, 0.1) is 23.4 Å². The Morgan fingerprint density at radius 3 is 2.30 bits per heavy atom. The van der Waals surface area contributed by atoms with Gasteiger partial charge < -0.3 is 14.5 Å². The summed E-state index contributed by atoms with van der Waals surface area (Å²) in [4.78, 5) is 12.9. The van der Waals surface area contributed by atoms with Crippen molar-refractivity contribution in [1.29, 1.82) is 0 Å². The molecule has 7 nitrogen and oxygen atoms in total. The van der Waals surface area contributed by atoms with Gasteiger partial charge in [0.15, 0.2) is 5.75 Å². The minimum atomic E-state index is -3.74. The molecule has 0 aliphatic rings. The van der Waals surface area contributed by atoms with Crippen LogP contribution in [0.4, 0.5) is 5.69 Å². The van der Waals surface area contributed by atoms with E-state index in [2.05, 4.69) is 5.32 Å². The molecule has 0 bridgehead atoms. The first-order valence-electron chi connectivity index (χ1n) is 10.2. The Labute approximate surface area is 192 Å². The van der Waals surface area contributed by atoms with E-state index < -0.39 is 10.0 Å². The number of carbonyl (C=O) groups is 1. The molecular formula is C25H22N2O5S. The lowest BCUT2D eigenvalue weighted by Gasteiger charge is -2.16. The summed E-state index contributed by atoms with van der Waals surface area (Å²) in [5, 5.41) is 2.82. The third-order valence-corrected chi connectivity index (χ3v) is 6.71. The van der Waals surface area contributed by atoms with E-state index in [4.69, 9.17) is 9.15 Å². The summed E-state index contributed by atoms with van der Waals surface area (Å²) in [7, 11) is -2.26. The number of furan rings is 1. The van der Waals surface area contributed by atoms with E-state index in [-0.39, 0.29) is 17.3 Å². The highest BCUT2D eigenvalue weighted by atomic mass is 32.2. The van der Waals surface area contributed by atoms with Crippen molar-refractivity contribution in [3.8, 4) is 11.5 Å². The zero-order chi connectivity index (χ0) is 23.3. The summed E-state index contributed by atoms with van der Waals surface area (Å²) in [6.07, 6.45) is 1.49. The average Bonchev–Trinajstić information content (AvgIpc) is 3.34. The van der Waals surface area contributed by atoms with Gasteiger partial charge in [0.2, 0.25) is 10.0 Å². The Kier molecular flexibility index (Phi) is 6.58. The molecule has 0 fully saturated rings. The summed E-state index contributed by atoms with van der Waals surface area (Å²) < 4.78 is 37.9. The summed E-state index contributed by atoms with van der Waals surface area (Å²) >= 11 is 0. The smallest absolute Gasteiger partial charge is 0.255 e. The number of ether oxygens (including phenoxy) is 1. The van der Waals surface area contributed by atoms with Crippen LogP contribution < -0.4 is 10.1 Å². The topological polar surface area (TPSA) is 88.9 Å². The van der Waals surface area contributed by atoms with Gasteiger partial charge in [-0.05, 0) is 60.7 Å². The second kappa shape index (κ2) is 9.72. The Balaban J connectivity index is 1.47. The Morgan fingerprint density at radius 2 is 1.61 bits per heavy atom. The Morgan fingerprint density at radius 1 is 0.909 bits per heavy atom. The molecule has 1 aromatic heterocycles. The second-order valence-electron chi connectivity index (χ2n) is 7.23. The highest BCUT2D eigenvalue weighted by Gasteiger charge is 2.22. The predicted molar refractivity (Wildman–Crippen MR) is 125 cm³/mol. The number of amides is 1. The second-order valence-corrected chi connectivity index (χ2v) is 9.28. The molecule has 33 heavy (non-hydrogen) atoms. The number of hydrogen-bond donors (Lipinski definition) is 1. The van der Waals surface area contributed by atoms with Crippen molar-refractivity contribution in [2.45, 2.75) is 11.4 Å². The molecule has 1 amide bonds. The van der Waals surface area contributed by atoms with Gasteiger partial charge in [0.25, 0.3) is 5.91 Å². The first-order valence-corrected chi connectivity index (χ1v) is 11.6. The molecule has 1 N–H and O–H groups in total. The number of para-hydroxylation sites is 3. The molecule has 0 saturated heterocycles. The molecule has 0 saturated carbocycles. The zero-order valence-corrected chi connectivity index (χ0v) is 18.7. The minimum absolute atomic E-state index is 0.0842. The van der Waals surface area contributed by atoms with E-state index in [1.165, 1.54) is 41.9 Å². The third-order valence-electron chi connectivity index (χ3n) is 4.89. The fraction of sp³-hybridized carbons (Fsp3) is 0.0800. The lowest BCUT2D eigenvalue weighted by atomic mass is 10.2. The first-order chi connectivity index (χ1) is 15.9. The lowest BCUT2D eigenvalue weighted by Crippen LogP contribution is -2.26. The van der Waals surface area contributed by atoms with Gasteiger partial charge >= 0.3 is 0 Å². The van der Waals surface area contributed by atoms with Gasteiger partial charge in [0.1, 0.15) is 11.5 Å². The largest absolute Gasteiger partial charge is 0.468 e. The van der Waals surface area contributed by atoms with Crippen molar-refractivity contribution in [1.82, 2.24) is 4.31 Å². The normalized spacial score (nSPS) is 11.3. The van der Waals surface area contributed by atoms with Crippen molar-refractivity contribution in [2.75, 3.05) is 12.4 Å². The summed E-state index contributed by atoms with van der Waals surface area (Å²) in [5.74, 6) is 1.30. The molecule has 0 aliphatic carbocycles. The molecule has 8 heteroatoms. The molecule has 0 radical (unpaired) electrons. The number of rotatable bonds is 8. The van der Waals surface area contributed by atoms with Crippen LogP contribution in [-0.2, 0) is 16.6 Å². The van der Waals surface area contributed by atoms with E-state index in [0.29, 0.717) is 28.5 Å². The zero-order valence-electron chi connectivity index (χ0n) is 17.8. The van der Waals surface area contributed by atoms with Crippen LogP contribution in [0.25, 0.3) is 0 Å². The van der Waals surface area contributed by atoms with Gasteiger partial charge in [-0.25, -0.2) is 8.42 Å². The van der Waals surface area contributed by atoms with Crippen LogP contribution in [0, 0.1) is 0 Å². The van der Waals surface area contributed by atoms with E-state index in [1.807, 2.05) is 36.4 Å². The number of anilines is 1. The maximum absolute atomic E-state index is 12.8. The minimum Gasteiger partial charge on any atom is -0.468 e. The van der Waals surface area contributed by atoms with E-state index in [9.17, 15) is 13.2 Å². The van der Waals surface area contributed by atoms with Crippen LogP contribution in [-0.4, -0.2) is 25.7 Å². The molecule has 3 aromatic carbocycles. The molecule has 0 atom stereocenters. The molecular weight excluding hydrogens is 440 g/mol. The van der Waals surface area contributed by atoms with Gasteiger partial charge in [-0.2, -0.15) is 4.31 Å². The van der Waals surface area contributed by atoms with Crippen LogP contribution in [0.1, 0.15) is 16.1 Å². The van der Waals surface area contributed by atoms with Gasteiger partial charge in [-0.1, -0.05) is 30.3 Å². The van der Waals surface area contributed by atoms with Crippen LogP contribution >= 0.6 is 0 Å². The summed E-state index contributed by atoms with van der Waals surface area (Å²) in [5.41, 5.74) is 0.818. The Bertz CT molecular complexity index is 1320. The number of nitrogens with zero attached hydrogens (tertiary/aromatic N) is 1. The van der Waals surface area contributed by atoms with Gasteiger partial charge in [-0.15, -0.1) is 0 Å². The third kappa shape index (κ3) is 5.31. The lowest BCUT2D eigenvalue weighted by molar-refractivity contribution is 0.102. The number of hydrogen-bond acceptors (Lipinski definition) is 5. The highest BCUT2D eigenvalue weighted by molar-refractivity contribution is 7.89. The van der Waals surface area contributed by atoms with Crippen molar-refractivity contribution >= 4 is 21.6 Å². The van der Waals surface area contributed by atoms with Gasteiger partial charge in [0, 0.05) is 12.6 Å². The molecule has 0 aliphatic heterocycles. The van der Waals surface area contributed by atoms with Crippen LogP contribution in [0.2, 0.25) is 0 Å². The fourth-order valence-electron chi connectivity index (χ4n) is 3.13. The number of carbonyl (C=O) groups excluding carboxylic acids is 1. The van der Waals surface area contributed by atoms with E-state index >= 15 is 0 Å². The highest BCUT2D eigenvalue weighted by Crippen LogP contribution is 2.29. The monoisotopic (exact) mass is 462 g/mol. The maximum atomic E-state index is 12.8. The van der Waals surface area contributed by atoms with Crippen LogP contribution in [0.5, 0.6) is 11.5 Å². The van der Waals surface area contributed by atoms with Crippen LogP contribution in [0.15, 0.2) is 107 Å². The van der Waals surface area contributed by atoms with Crippen molar-refractivity contribution in [2.24, 2.45) is 0 Å². The number of sulfonamides is 1. The summed E-state index contributed by atoms with van der Waals surface area (Å²) in [6, 6.07) is 25.5. The van der Waals surface area contributed by atoms with Crippen molar-refractivity contribution in [3.63, 3.8) is 0 Å². The van der Waals surface area contributed by atoms with Gasteiger partial charge in [-0.3, -0.25) is 4.79 Å². The molecule has 0 spiro atoms. The Hall–Kier alpha value is -3.88. The molecule has 1 heterocycles. The molecule has 4 rings (SSSR count). The SMILES string of the molecule is CN(Cc1ccco1)S(=O)(=O)c1ccc(C(=O)Nc2ccccc2Oc2ccccc2)cc1. The van der Waals surface area contributed by atoms with Crippen molar-refractivity contribution < 1.29 is 22.4 Å². The molecule has 168 valence electrons. The molecule has 4 aromatic rings. The maximum Gasteiger partial charge on any atom is 0.255 e. The average molecular weight is 463 g/mol. The summed E-state index contributed by atoms with van der Waals surface area (Å²) in [6.45, 7) is 0.107. The van der Waals surface area contributed by atoms with Crippen LogP contribution in [0.3, 0.4) is 0 Å². The fourth-order valence-corrected chi connectivity index (χ4v) is 4.27. The number of nitrogens with one attached hydrogen (secondary N) is 1. The quantitative estimate of drug-likeness (QED) is 0.391. The number of benzene rings is 3. The van der Waals surface area contributed by atoms with Crippen molar-refractivity contribution in [3.05, 3.63) is 109 Å².